The zero-order chi connectivity index (χ0) is 11.7. The van der Waals surface area contributed by atoms with E-state index in [4.69, 9.17) is 5.73 Å². The fourth-order valence-electron chi connectivity index (χ4n) is 1.32. The predicted molar refractivity (Wildman–Crippen MR) is 67.5 cm³/mol. The Morgan fingerprint density at radius 2 is 2.06 bits per heavy atom. The second-order valence-electron chi connectivity index (χ2n) is 3.27. The number of hydrogen-bond donors (Lipinski definition) is 1. The number of nitrogens with zero attached hydrogens (tertiary/aromatic N) is 2. The van der Waals surface area contributed by atoms with Crippen molar-refractivity contribution in [3.8, 4) is 0 Å². The Balaban J connectivity index is 2.33. The van der Waals surface area contributed by atoms with Gasteiger partial charge >= 0.3 is 0 Å². The van der Waals surface area contributed by atoms with E-state index in [1.807, 2.05) is 0 Å². The lowest BCUT2D eigenvalue weighted by Crippen LogP contribution is -2.06. The van der Waals surface area contributed by atoms with E-state index in [1.165, 1.54) is 12.1 Å². The number of aromatic nitrogens is 2. The highest BCUT2D eigenvalue weighted by Crippen LogP contribution is 2.22. The van der Waals surface area contributed by atoms with Gasteiger partial charge in [0.1, 0.15) is 11.6 Å². The summed E-state index contributed by atoms with van der Waals surface area (Å²) in [6, 6.07) is 4.52. The van der Waals surface area contributed by atoms with Crippen molar-refractivity contribution in [3.05, 3.63) is 44.7 Å². The van der Waals surface area contributed by atoms with Crippen molar-refractivity contribution in [3.63, 3.8) is 0 Å². The van der Waals surface area contributed by atoms with E-state index >= 15 is 0 Å². The summed E-state index contributed by atoms with van der Waals surface area (Å²) in [4.78, 5) is 0. The maximum Gasteiger partial charge on any atom is 0.136 e. The number of anilines is 1. The van der Waals surface area contributed by atoms with Gasteiger partial charge < -0.3 is 5.73 Å². The van der Waals surface area contributed by atoms with Gasteiger partial charge in [0.2, 0.25) is 0 Å². The van der Waals surface area contributed by atoms with Crippen LogP contribution in [0.4, 0.5) is 10.2 Å². The molecule has 0 atom stereocenters. The van der Waals surface area contributed by atoms with Gasteiger partial charge in [0.15, 0.2) is 0 Å². The van der Waals surface area contributed by atoms with Crippen LogP contribution in [0.3, 0.4) is 0 Å². The standard InChI is InChI=1S/C10H8Br2FN3/c11-8-2-1-7(13)3-6(8)5-16-10(14)9(12)4-15-16/h1-4H,5,14H2. The molecule has 1 aromatic heterocycles. The van der Waals surface area contributed by atoms with Gasteiger partial charge in [-0.1, -0.05) is 15.9 Å². The van der Waals surface area contributed by atoms with Crippen LogP contribution >= 0.6 is 31.9 Å². The third-order valence-electron chi connectivity index (χ3n) is 2.16. The summed E-state index contributed by atoms with van der Waals surface area (Å²) in [5.41, 5.74) is 6.58. The van der Waals surface area contributed by atoms with Gasteiger partial charge in [0, 0.05) is 4.47 Å². The van der Waals surface area contributed by atoms with E-state index < -0.39 is 0 Å². The molecule has 0 unspecified atom stereocenters. The van der Waals surface area contributed by atoms with Gasteiger partial charge in [0.05, 0.1) is 17.2 Å². The molecular weight excluding hydrogens is 341 g/mol. The molecule has 0 saturated carbocycles. The Labute approximate surface area is 109 Å². The Kier molecular flexibility index (Phi) is 3.30. The van der Waals surface area contributed by atoms with E-state index in [0.717, 1.165) is 14.5 Å². The average Bonchev–Trinajstić information content (AvgIpc) is 2.55. The first-order valence-electron chi connectivity index (χ1n) is 4.48. The van der Waals surface area contributed by atoms with Gasteiger partial charge in [-0.15, -0.1) is 0 Å². The minimum absolute atomic E-state index is 0.275. The maximum atomic E-state index is 13.1. The van der Waals surface area contributed by atoms with Crippen LogP contribution in [0.1, 0.15) is 5.56 Å². The molecule has 0 aliphatic rings. The van der Waals surface area contributed by atoms with Crippen molar-refractivity contribution in [1.29, 1.82) is 0 Å². The molecule has 0 spiro atoms. The average molecular weight is 349 g/mol. The quantitative estimate of drug-likeness (QED) is 0.905. The van der Waals surface area contributed by atoms with Gasteiger partial charge in [-0.2, -0.15) is 5.10 Å². The number of halogens is 3. The minimum atomic E-state index is -0.275. The summed E-state index contributed by atoms with van der Waals surface area (Å²) in [6.07, 6.45) is 1.61. The molecule has 0 saturated heterocycles. The van der Waals surface area contributed by atoms with Gasteiger partial charge in [-0.3, -0.25) is 0 Å². The molecule has 0 amide bonds. The molecule has 2 N–H and O–H groups in total. The summed E-state index contributed by atoms with van der Waals surface area (Å²) >= 11 is 6.63. The van der Waals surface area contributed by atoms with Gasteiger partial charge in [0.25, 0.3) is 0 Å². The molecule has 2 aromatic rings. The number of benzene rings is 1. The van der Waals surface area contributed by atoms with Crippen LogP contribution in [-0.4, -0.2) is 9.78 Å². The second-order valence-corrected chi connectivity index (χ2v) is 4.98. The zero-order valence-corrected chi connectivity index (χ0v) is 11.3. The summed E-state index contributed by atoms with van der Waals surface area (Å²) in [6.45, 7) is 0.426. The molecule has 0 bridgehead atoms. The third kappa shape index (κ3) is 2.27. The highest BCUT2D eigenvalue weighted by Gasteiger charge is 2.08. The van der Waals surface area contributed by atoms with Gasteiger partial charge in [-0.05, 0) is 39.7 Å². The van der Waals surface area contributed by atoms with E-state index in [1.54, 1.807) is 16.9 Å². The predicted octanol–water partition coefficient (Wildman–Crippen LogP) is 3.18. The summed E-state index contributed by atoms with van der Waals surface area (Å²) < 4.78 is 16.2. The van der Waals surface area contributed by atoms with Crippen LogP contribution in [-0.2, 0) is 6.54 Å². The van der Waals surface area contributed by atoms with Crippen molar-refractivity contribution in [2.45, 2.75) is 6.54 Å². The fraction of sp³-hybridized carbons (Fsp3) is 0.100. The lowest BCUT2D eigenvalue weighted by Gasteiger charge is -2.06. The second kappa shape index (κ2) is 4.55. The normalized spacial score (nSPS) is 10.7. The van der Waals surface area contributed by atoms with Crippen molar-refractivity contribution >= 4 is 37.7 Å². The molecule has 0 fully saturated rings. The zero-order valence-electron chi connectivity index (χ0n) is 8.12. The molecule has 84 valence electrons. The molecule has 0 aliphatic heterocycles. The number of nitrogens with two attached hydrogens (primary N) is 1. The molecule has 1 aromatic carbocycles. The van der Waals surface area contributed by atoms with Gasteiger partial charge in [-0.25, -0.2) is 9.07 Å². The molecule has 0 aliphatic carbocycles. The first kappa shape index (κ1) is 11.6. The lowest BCUT2D eigenvalue weighted by molar-refractivity contribution is 0.619. The van der Waals surface area contributed by atoms with E-state index in [2.05, 4.69) is 37.0 Å². The molecule has 16 heavy (non-hydrogen) atoms. The lowest BCUT2D eigenvalue weighted by atomic mass is 10.2. The number of hydrogen-bond acceptors (Lipinski definition) is 2. The van der Waals surface area contributed by atoms with E-state index in [9.17, 15) is 4.39 Å². The van der Waals surface area contributed by atoms with Crippen molar-refractivity contribution in [1.82, 2.24) is 9.78 Å². The fourth-order valence-corrected chi connectivity index (χ4v) is 1.99. The van der Waals surface area contributed by atoms with E-state index in [0.29, 0.717) is 12.4 Å². The molecule has 3 nitrogen and oxygen atoms in total. The van der Waals surface area contributed by atoms with Crippen molar-refractivity contribution < 1.29 is 4.39 Å². The topological polar surface area (TPSA) is 43.8 Å². The SMILES string of the molecule is Nc1c(Br)cnn1Cc1cc(F)ccc1Br. The molecule has 1 heterocycles. The smallest absolute Gasteiger partial charge is 0.136 e. The van der Waals surface area contributed by atoms with Crippen LogP contribution in [0.5, 0.6) is 0 Å². The Morgan fingerprint density at radius 1 is 1.31 bits per heavy atom. The molecule has 6 heteroatoms. The molecule has 0 radical (unpaired) electrons. The summed E-state index contributed by atoms with van der Waals surface area (Å²) in [5, 5.41) is 4.08. The molecular formula is C10H8Br2FN3. The first-order valence-corrected chi connectivity index (χ1v) is 6.07. The highest BCUT2D eigenvalue weighted by molar-refractivity contribution is 9.10. The number of rotatable bonds is 2. The van der Waals surface area contributed by atoms with E-state index in [-0.39, 0.29) is 5.82 Å². The highest BCUT2D eigenvalue weighted by atomic mass is 79.9. The van der Waals surface area contributed by atoms with Crippen LogP contribution in [0.15, 0.2) is 33.3 Å². The van der Waals surface area contributed by atoms with Crippen LogP contribution in [0.25, 0.3) is 0 Å². The largest absolute Gasteiger partial charge is 0.383 e. The Hall–Kier alpha value is -0.880. The van der Waals surface area contributed by atoms with Crippen molar-refractivity contribution in [2.24, 2.45) is 0 Å². The molecule has 2 rings (SSSR count). The Morgan fingerprint density at radius 3 is 2.69 bits per heavy atom. The maximum absolute atomic E-state index is 13.1. The third-order valence-corrected chi connectivity index (χ3v) is 3.55. The van der Waals surface area contributed by atoms with Crippen LogP contribution < -0.4 is 5.73 Å². The minimum Gasteiger partial charge on any atom is -0.383 e. The Bertz CT molecular complexity index is 525. The first-order chi connectivity index (χ1) is 7.58. The monoisotopic (exact) mass is 347 g/mol. The summed E-state index contributed by atoms with van der Waals surface area (Å²) in [5.74, 6) is 0.249. The summed E-state index contributed by atoms with van der Waals surface area (Å²) in [7, 11) is 0. The van der Waals surface area contributed by atoms with Crippen LogP contribution in [0, 0.1) is 5.82 Å². The van der Waals surface area contributed by atoms with Crippen molar-refractivity contribution in [2.75, 3.05) is 5.73 Å². The number of nitrogen functional groups attached to an aromatic ring is 1. The van der Waals surface area contributed by atoms with Crippen LogP contribution in [0.2, 0.25) is 0 Å².